The van der Waals surface area contributed by atoms with Crippen molar-refractivity contribution in [2.24, 2.45) is 7.05 Å². The number of aromatic nitrogens is 3. The average Bonchev–Trinajstić information content (AvgIpc) is 3.09. The van der Waals surface area contributed by atoms with Crippen LogP contribution >= 0.6 is 0 Å². The number of rotatable bonds is 16. The van der Waals surface area contributed by atoms with Crippen LogP contribution in [0.4, 0.5) is 11.9 Å². The number of carbonyl (C=O) groups is 1. The third-order valence-corrected chi connectivity index (χ3v) is 5.00. The number of anilines is 2. The molecule has 11 nitrogen and oxygen atoms in total. The highest BCUT2D eigenvalue weighted by Crippen LogP contribution is 2.15. The number of unbranched alkanes of at least 4 members (excludes halogenated alkanes) is 3. The van der Waals surface area contributed by atoms with Crippen molar-refractivity contribution in [2.45, 2.75) is 65.3 Å². The van der Waals surface area contributed by atoms with Crippen LogP contribution in [-0.2, 0) is 18.4 Å². The van der Waals surface area contributed by atoms with Gasteiger partial charge in [-0.1, -0.05) is 45.2 Å². The van der Waals surface area contributed by atoms with Gasteiger partial charge in [0.1, 0.15) is 5.75 Å². The Morgan fingerprint density at radius 3 is 2.59 bits per heavy atom. The molecule has 1 heterocycles. The van der Waals surface area contributed by atoms with Crippen molar-refractivity contribution < 1.29 is 20.5 Å². The minimum atomic E-state index is 0. The molecule has 11 heteroatoms. The van der Waals surface area contributed by atoms with Gasteiger partial charge in [-0.25, -0.2) is 9.69 Å². The van der Waals surface area contributed by atoms with E-state index in [1.54, 1.807) is 11.7 Å². The van der Waals surface area contributed by atoms with Crippen LogP contribution in [0.25, 0.3) is 0 Å². The standard InChI is InChI=1S/C23H39N7O2.2H2O/c1-4-6-8-13-21(31)27-30(15-7-5-2)18-19-11-9-12-20(17-19)32-16-10-14-25-23-26-22(24)28-29(23)3;;/h9,11-12,17H,4-8,10,13-16,18H2,1-3H3,(H,27,31)(H3,24,25,26,28);2*1H2. The van der Waals surface area contributed by atoms with E-state index in [9.17, 15) is 4.79 Å². The first-order valence-electron chi connectivity index (χ1n) is 11.7. The number of nitrogen functional groups attached to an aromatic ring is 1. The largest absolute Gasteiger partial charge is 0.494 e. The molecule has 0 unspecified atom stereocenters. The minimum Gasteiger partial charge on any atom is -0.494 e. The number of hydrogen-bond acceptors (Lipinski definition) is 7. The highest BCUT2D eigenvalue weighted by atomic mass is 16.5. The summed E-state index contributed by atoms with van der Waals surface area (Å²) in [4.78, 5) is 16.4. The fourth-order valence-electron chi connectivity index (χ4n) is 3.27. The van der Waals surface area contributed by atoms with Gasteiger partial charge < -0.3 is 26.7 Å². The Kier molecular flexibility index (Phi) is 16.1. The number of nitrogens with two attached hydrogens (primary N) is 1. The number of nitrogens with zero attached hydrogens (tertiary/aromatic N) is 4. The lowest BCUT2D eigenvalue weighted by Crippen LogP contribution is -2.42. The second-order valence-electron chi connectivity index (χ2n) is 7.96. The molecule has 0 aliphatic carbocycles. The molecule has 0 atom stereocenters. The zero-order chi connectivity index (χ0) is 23.2. The van der Waals surface area contributed by atoms with Gasteiger partial charge in [-0.3, -0.25) is 10.2 Å². The predicted octanol–water partition coefficient (Wildman–Crippen LogP) is 1.84. The van der Waals surface area contributed by atoms with Crippen LogP contribution in [0.5, 0.6) is 5.75 Å². The van der Waals surface area contributed by atoms with Gasteiger partial charge in [0.05, 0.1) is 6.61 Å². The number of aryl methyl sites for hydroxylation is 1. The maximum absolute atomic E-state index is 12.3. The second kappa shape index (κ2) is 17.6. The molecular weight excluding hydrogens is 438 g/mol. The average molecular weight is 482 g/mol. The Hall–Kier alpha value is -2.89. The molecule has 2 aromatic rings. The highest BCUT2D eigenvalue weighted by Gasteiger charge is 2.10. The topological polar surface area (TPSA) is 173 Å². The van der Waals surface area contributed by atoms with Crippen LogP contribution in [0.2, 0.25) is 0 Å². The van der Waals surface area contributed by atoms with Crippen molar-refractivity contribution in [1.82, 2.24) is 25.2 Å². The lowest BCUT2D eigenvalue weighted by Gasteiger charge is -2.23. The number of carbonyl (C=O) groups excluding carboxylic acids is 1. The maximum Gasteiger partial charge on any atom is 0.241 e. The quantitative estimate of drug-likeness (QED) is 0.242. The van der Waals surface area contributed by atoms with Gasteiger partial charge >= 0.3 is 0 Å². The highest BCUT2D eigenvalue weighted by molar-refractivity contribution is 5.75. The fourth-order valence-corrected chi connectivity index (χ4v) is 3.27. The molecule has 0 spiro atoms. The van der Waals surface area contributed by atoms with Crippen molar-refractivity contribution in [3.63, 3.8) is 0 Å². The Bertz CT molecular complexity index is 816. The van der Waals surface area contributed by atoms with Crippen molar-refractivity contribution in [3.05, 3.63) is 29.8 Å². The molecule has 34 heavy (non-hydrogen) atoms. The van der Waals surface area contributed by atoms with Crippen LogP contribution in [0.3, 0.4) is 0 Å². The first kappa shape index (κ1) is 31.1. The molecule has 1 aromatic carbocycles. The molecule has 0 bridgehead atoms. The summed E-state index contributed by atoms with van der Waals surface area (Å²) in [7, 11) is 1.80. The molecule has 2 rings (SSSR count). The monoisotopic (exact) mass is 481 g/mol. The number of hydrogen-bond donors (Lipinski definition) is 3. The van der Waals surface area contributed by atoms with E-state index in [-0.39, 0.29) is 22.8 Å². The van der Waals surface area contributed by atoms with Crippen LogP contribution in [0.15, 0.2) is 24.3 Å². The summed E-state index contributed by atoms with van der Waals surface area (Å²) in [5.41, 5.74) is 9.78. The normalized spacial score (nSPS) is 10.4. The van der Waals surface area contributed by atoms with E-state index in [0.29, 0.717) is 32.1 Å². The van der Waals surface area contributed by atoms with Gasteiger partial charge in [0.25, 0.3) is 0 Å². The maximum atomic E-state index is 12.3. The minimum absolute atomic E-state index is 0. The van der Waals surface area contributed by atoms with Gasteiger partial charge in [-0.2, -0.15) is 4.98 Å². The van der Waals surface area contributed by atoms with Crippen molar-refractivity contribution >= 4 is 17.8 Å². The van der Waals surface area contributed by atoms with Crippen molar-refractivity contribution in [3.8, 4) is 5.75 Å². The van der Waals surface area contributed by atoms with Gasteiger partial charge in [-0.15, -0.1) is 5.10 Å². The number of hydrazine groups is 1. The van der Waals surface area contributed by atoms with Crippen LogP contribution in [0, 0.1) is 0 Å². The first-order chi connectivity index (χ1) is 15.5. The summed E-state index contributed by atoms with van der Waals surface area (Å²) >= 11 is 0. The van der Waals surface area contributed by atoms with E-state index in [1.807, 2.05) is 23.2 Å². The lowest BCUT2D eigenvalue weighted by atomic mass is 10.2. The van der Waals surface area contributed by atoms with Crippen LogP contribution in [-0.4, -0.2) is 56.3 Å². The fraction of sp³-hybridized carbons (Fsp3) is 0.609. The smallest absolute Gasteiger partial charge is 0.241 e. The number of nitrogens with one attached hydrogen (secondary N) is 2. The van der Waals surface area contributed by atoms with E-state index in [1.165, 1.54) is 0 Å². The van der Waals surface area contributed by atoms with Crippen LogP contribution in [0.1, 0.15) is 64.4 Å². The number of amides is 1. The van der Waals surface area contributed by atoms with Gasteiger partial charge in [0.15, 0.2) is 0 Å². The lowest BCUT2D eigenvalue weighted by molar-refractivity contribution is -0.126. The SMILES string of the molecule is CCCCCC(=O)NN(CCCC)Cc1cccc(OCCCNc2nc(N)nn2C)c1.O.O. The molecule has 1 amide bonds. The molecule has 0 fully saturated rings. The molecule has 194 valence electrons. The summed E-state index contributed by atoms with van der Waals surface area (Å²) in [5.74, 6) is 1.83. The van der Waals surface area contributed by atoms with E-state index in [2.05, 4.69) is 40.7 Å². The molecule has 0 aliphatic rings. The van der Waals surface area contributed by atoms with Crippen molar-refractivity contribution in [2.75, 3.05) is 30.7 Å². The zero-order valence-electron chi connectivity index (χ0n) is 20.8. The van der Waals surface area contributed by atoms with Crippen LogP contribution < -0.4 is 21.2 Å². The van der Waals surface area contributed by atoms with Gasteiger partial charge in [-0.05, 0) is 37.0 Å². The molecule has 0 saturated heterocycles. The molecular formula is C23H43N7O4. The summed E-state index contributed by atoms with van der Waals surface area (Å²) in [6, 6.07) is 8.06. The second-order valence-corrected chi connectivity index (χ2v) is 7.96. The molecule has 0 aliphatic heterocycles. The third kappa shape index (κ3) is 11.8. The van der Waals surface area contributed by atoms with Gasteiger partial charge in [0.2, 0.25) is 17.8 Å². The zero-order valence-corrected chi connectivity index (χ0v) is 20.8. The summed E-state index contributed by atoms with van der Waals surface area (Å²) in [5, 5.41) is 9.22. The van der Waals surface area contributed by atoms with E-state index >= 15 is 0 Å². The predicted molar refractivity (Wildman–Crippen MR) is 135 cm³/mol. The Morgan fingerprint density at radius 1 is 1.15 bits per heavy atom. The van der Waals surface area contributed by atoms with E-state index in [0.717, 1.165) is 56.4 Å². The number of benzene rings is 1. The summed E-state index contributed by atoms with van der Waals surface area (Å²) in [6.45, 7) is 7.08. The van der Waals surface area contributed by atoms with E-state index < -0.39 is 0 Å². The third-order valence-electron chi connectivity index (χ3n) is 5.00. The van der Waals surface area contributed by atoms with E-state index in [4.69, 9.17) is 10.5 Å². The van der Waals surface area contributed by atoms with Crippen molar-refractivity contribution in [1.29, 1.82) is 0 Å². The Morgan fingerprint density at radius 2 is 1.91 bits per heavy atom. The molecule has 8 N–H and O–H groups in total. The Labute approximate surface area is 202 Å². The molecule has 0 radical (unpaired) electrons. The number of ether oxygens (including phenoxy) is 1. The van der Waals surface area contributed by atoms with Gasteiger partial charge in [0, 0.05) is 33.1 Å². The Balaban J connectivity index is 0.00000544. The molecule has 1 aromatic heterocycles. The summed E-state index contributed by atoms with van der Waals surface area (Å²) < 4.78 is 7.53. The molecule has 0 saturated carbocycles. The summed E-state index contributed by atoms with van der Waals surface area (Å²) in [6.07, 6.45) is 6.65. The first-order valence-corrected chi connectivity index (χ1v) is 11.7.